The summed E-state index contributed by atoms with van der Waals surface area (Å²) in [7, 11) is 1.10. The summed E-state index contributed by atoms with van der Waals surface area (Å²) < 4.78 is 21.7. The molecule has 0 aliphatic carbocycles. The van der Waals surface area contributed by atoms with Gasteiger partial charge in [0.1, 0.15) is 16.1 Å². The Labute approximate surface area is 84.1 Å². The minimum Gasteiger partial charge on any atom is -0.224 e. The van der Waals surface area contributed by atoms with Gasteiger partial charge in [-0.05, 0) is 12.1 Å². The van der Waals surface area contributed by atoms with Gasteiger partial charge in [-0.2, -0.15) is 5.26 Å². The van der Waals surface area contributed by atoms with Crippen LogP contribution in [0.1, 0.15) is 5.69 Å². The summed E-state index contributed by atoms with van der Waals surface area (Å²) in [6.07, 6.45) is 0. The van der Waals surface area contributed by atoms with Crippen molar-refractivity contribution in [3.05, 3.63) is 23.0 Å². The van der Waals surface area contributed by atoms with Crippen molar-refractivity contribution in [3.8, 4) is 6.07 Å². The zero-order valence-electron chi connectivity index (χ0n) is 6.03. The highest BCUT2D eigenvalue weighted by molar-refractivity contribution is 8.13. The van der Waals surface area contributed by atoms with Crippen LogP contribution in [-0.2, 0) is 9.05 Å². The quantitative estimate of drug-likeness (QED) is 0.548. The highest BCUT2D eigenvalue weighted by atomic mass is 35.7. The van der Waals surface area contributed by atoms with E-state index < -0.39 is 9.05 Å². The molecular weight excluding hydrogens is 235 g/mol. The Morgan fingerprint density at radius 2 is 2.08 bits per heavy atom. The van der Waals surface area contributed by atoms with Crippen molar-refractivity contribution in [2.75, 3.05) is 0 Å². The summed E-state index contributed by atoms with van der Waals surface area (Å²) in [6.45, 7) is 0. The molecule has 0 unspecified atom stereocenters. The lowest BCUT2D eigenvalue weighted by Gasteiger charge is -1.97. The second-order valence-electron chi connectivity index (χ2n) is 2.03. The van der Waals surface area contributed by atoms with Crippen molar-refractivity contribution in [2.45, 2.75) is 4.90 Å². The molecule has 68 valence electrons. The monoisotopic (exact) mass is 236 g/mol. The van der Waals surface area contributed by atoms with E-state index in [1.807, 2.05) is 0 Å². The molecule has 0 aliphatic heterocycles. The van der Waals surface area contributed by atoms with E-state index in [2.05, 4.69) is 4.98 Å². The molecule has 1 heterocycles. The number of nitrogens with zero attached hydrogens (tertiary/aromatic N) is 2. The van der Waals surface area contributed by atoms with E-state index in [4.69, 9.17) is 27.5 Å². The average Bonchev–Trinajstić information content (AvgIpc) is 2.01. The Balaban J connectivity index is 3.50. The van der Waals surface area contributed by atoms with E-state index in [1.54, 1.807) is 6.07 Å². The van der Waals surface area contributed by atoms with Crippen molar-refractivity contribution < 1.29 is 8.42 Å². The summed E-state index contributed by atoms with van der Waals surface area (Å²) in [5.74, 6) is 0. The minimum atomic E-state index is -3.93. The first-order chi connectivity index (χ1) is 5.95. The fraction of sp³-hybridized carbons (Fsp3) is 0. The van der Waals surface area contributed by atoms with Gasteiger partial charge in [0, 0.05) is 10.7 Å². The molecule has 13 heavy (non-hydrogen) atoms. The van der Waals surface area contributed by atoms with Crippen molar-refractivity contribution in [2.24, 2.45) is 0 Å². The van der Waals surface area contributed by atoms with E-state index in [-0.39, 0.29) is 15.7 Å². The second kappa shape index (κ2) is 3.50. The SMILES string of the molecule is N#Cc1nc(Cl)ccc1S(=O)(=O)Cl. The zero-order chi connectivity index (χ0) is 10.1. The van der Waals surface area contributed by atoms with Crippen molar-refractivity contribution in [3.63, 3.8) is 0 Å². The lowest BCUT2D eigenvalue weighted by atomic mass is 10.4. The maximum absolute atomic E-state index is 10.9. The highest BCUT2D eigenvalue weighted by Gasteiger charge is 2.16. The normalized spacial score (nSPS) is 10.8. The predicted molar refractivity (Wildman–Crippen MR) is 47.0 cm³/mol. The Kier molecular flexibility index (Phi) is 2.76. The van der Waals surface area contributed by atoms with Gasteiger partial charge in [-0.15, -0.1) is 0 Å². The van der Waals surface area contributed by atoms with Gasteiger partial charge in [0.15, 0.2) is 5.69 Å². The lowest BCUT2D eigenvalue weighted by molar-refractivity contribution is 0.609. The molecule has 0 radical (unpaired) electrons. The Morgan fingerprint density at radius 1 is 1.46 bits per heavy atom. The van der Waals surface area contributed by atoms with Crippen LogP contribution in [0, 0.1) is 11.3 Å². The van der Waals surface area contributed by atoms with Gasteiger partial charge in [0.05, 0.1) is 0 Å². The van der Waals surface area contributed by atoms with Crippen LogP contribution < -0.4 is 0 Å². The summed E-state index contributed by atoms with van der Waals surface area (Å²) in [5, 5.41) is 8.55. The topological polar surface area (TPSA) is 70.8 Å². The van der Waals surface area contributed by atoms with Crippen molar-refractivity contribution in [1.29, 1.82) is 5.26 Å². The smallest absolute Gasteiger partial charge is 0.224 e. The van der Waals surface area contributed by atoms with Gasteiger partial charge in [0.2, 0.25) is 0 Å². The van der Waals surface area contributed by atoms with Crippen molar-refractivity contribution >= 4 is 31.3 Å². The molecule has 1 aromatic rings. The molecule has 0 aromatic carbocycles. The Morgan fingerprint density at radius 3 is 2.54 bits per heavy atom. The Bertz CT molecular complexity index is 478. The van der Waals surface area contributed by atoms with Crippen LogP contribution >= 0.6 is 22.3 Å². The summed E-state index contributed by atoms with van der Waals surface area (Å²) in [6, 6.07) is 3.97. The highest BCUT2D eigenvalue weighted by Crippen LogP contribution is 2.19. The molecule has 7 heteroatoms. The molecule has 0 spiro atoms. The number of halogens is 2. The first-order valence-corrected chi connectivity index (χ1v) is 5.65. The first-order valence-electron chi connectivity index (χ1n) is 2.96. The van der Waals surface area contributed by atoms with E-state index in [9.17, 15) is 8.42 Å². The standard InChI is InChI=1S/C6H2Cl2N2O2S/c7-6-2-1-5(13(8,11)12)4(3-9)10-6/h1-2H. The summed E-state index contributed by atoms with van der Waals surface area (Å²) in [5.41, 5.74) is -0.303. The molecule has 4 nitrogen and oxygen atoms in total. The fourth-order valence-electron chi connectivity index (χ4n) is 0.699. The fourth-order valence-corrected chi connectivity index (χ4v) is 1.77. The maximum atomic E-state index is 10.9. The Hall–Kier alpha value is -0.830. The number of aromatic nitrogens is 1. The largest absolute Gasteiger partial charge is 0.264 e. The van der Waals surface area contributed by atoms with Gasteiger partial charge in [-0.1, -0.05) is 11.6 Å². The third-order valence-corrected chi connectivity index (χ3v) is 2.76. The van der Waals surface area contributed by atoms with Gasteiger partial charge < -0.3 is 0 Å². The number of hydrogen-bond acceptors (Lipinski definition) is 4. The third-order valence-electron chi connectivity index (χ3n) is 1.19. The number of hydrogen-bond donors (Lipinski definition) is 0. The van der Waals surface area contributed by atoms with Crippen LogP contribution in [0.25, 0.3) is 0 Å². The molecule has 0 bridgehead atoms. The summed E-state index contributed by atoms with van der Waals surface area (Å²) >= 11 is 5.45. The number of rotatable bonds is 1. The molecule has 0 fully saturated rings. The van der Waals surface area contributed by atoms with E-state index in [0.717, 1.165) is 6.07 Å². The molecular formula is C6H2Cl2N2O2S. The van der Waals surface area contributed by atoms with E-state index in [0.29, 0.717) is 0 Å². The molecule has 0 N–H and O–H groups in total. The van der Waals surface area contributed by atoms with Crippen LogP contribution in [0.15, 0.2) is 17.0 Å². The van der Waals surface area contributed by atoms with Crippen LogP contribution in [0.3, 0.4) is 0 Å². The third kappa shape index (κ3) is 2.31. The van der Waals surface area contributed by atoms with E-state index in [1.165, 1.54) is 6.07 Å². The minimum absolute atomic E-state index is 0.0422. The van der Waals surface area contributed by atoms with Gasteiger partial charge in [-0.3, -0.25) is 0 Å². The predicted octanol–water partition coefficient (Wildman–Crippen LogP) is 1.53. The zero-order valence-corrected chi connectivity index (χ0v) is 8.36. The van der Waals surface area contributed by atoms with Gasteiger partial charge in [0.25, 0.3) is 9.05 Å². The van der Waals surface area contributed by atoms with Gasteiger partial charge in [-0.25, -0.2) is 13.4 Å². The van der Waals surface area contributed by atoms with Crippen LogP contribution in [-0.4, -0.2) is 13.4 Å². The van der Waals surface area contributed by atoms with E-state index >= 15 is 0 Å². The molecule has 0 saturated heterocycles. The van der Waals surface area contributed by atoms with Crippen LogP contribution in [0.4, 0.5) is 0 Å². The molecule has 0 atom stereocenters. The molecule has 1 aromatic heterocycles. The number of nitriles is 1. The number of pyridine rings is 1. The average molecular weight is 237 g/mol. The first kappa shape index (κ1) is 10.3. The molecule has 0 saturated carbocycles. The van der Waals surface area contributed by atoms with Crippen LogP contribution in [0.5, 0.6) is 0 Å². The lowest BCUT2D eigenvalue weighted by Crippen LogP contribution is -1.97. The second-order valence-corrected chi connectivity index (χ2v) is 4.95. The molecule has 0 aliphatic rings. The summed E-state index contributed by atoms with van der Waals surface area (Å²) in [4.78, 5) is 3.17. The van der Waals surface area contributed by atoms with Crippen molar-refractivity contribution in [1.82, 2.24) is 4.98 Å². The maximum Gasteiger partial charge on any atom is 0.264 e. The van der Waals surface area contributed by atoms with Gasteiger partial charge >= 0.3 is 0 Å². The molecule has 1 rings (SSSR count). The van der Waals surface area contributed by atoms with Crippen LogP contribution in [0.2, 0.25) is 5.15 Å². The molecule has 0 amide bonds.